The van der Waals surface area contributed by atoms with Crippen LogP contribution < -0.4 is 11.1 Å². The number of anilines is 2. The lowest BCUT2D eigenvalue weighted by molar-refractivity contribution is 0.288. The van der Waals surface area contributed by atoms with Crippen LogP contribution in [0.1, 0.15) is 17.9 Å². The molecule has 0 aliphatic carbocycles. The highest BCUT2D eigenvalue weighted by molar-refractivity contribution is 5.53. The van der Waals surface area contributed by atoms with Gasteiger partial charge in [0.2, 0.25) is 5.89 Å². The smallest absolute Gasteiger partial charge is 0.320 e. The maximum absolute atomic E-state index is 8.83. The van der Waals surface area contributed by atoms with Crippen LogP contribution in [-0.2, 0) is 12.8 Å². The minimum absolute atomic E-state index is 0.198. The van der Waals surface area contributed by atoms with Crippen molar-refractivity contribution in [3.8, 4) is 0 Å². The Morgan fingerprint density at radius 1 is 1.26 bits per heavy atom. The van der Waals surface area contributed by atoms with Crippen LogP contribution in [0.2, 0.25) is 0 Å². The molecule has 0 unspecified atom stereocenters. The number of aliphatic hydroxyl groups is 1. The zero-order valence-electron chi connectivity index (χ0n) is 10.7. The first-order chi connectivity index (χ1) is 9.31. The summed E-state index contributed by atoms with van der Waals surface area (Å²) in [4.78, 5) is 0. The average molecular weight is 262 g/mol. The van der Waals surface area contributed by atoms with E-state index < -0.39 is 0 Å². The molecule has 0 spiro atoms. The van der Waals surface area contributed by atoms with Gasteiger partial charge in [-0.05, 0) is 30.5 Å². The van der Waals surface area contributed by atoms with Crippen LogP contribution in [0.3, 0.4) is 0 Å². The molecule has 6 heteroatoms. The van der Waals surface area contributed by atoms with Crippen molar-refractivity contribution in [3.63, 3.8) is 0 Å². The summed E-state index contributed by atoms with van der Waals surface area (Å²) in [5, 5.41) is 19.7. The molecule has 0 atom stereocenters. The maximum atomic E-state index is 8.83. The summed E-state index contributed by atoms with van der Waals surface area (Å²) in [5.41, 5.74) is 7.46. The van der Waals surface area contributed by atoms with E-state index in [0.29, 0.717) is 24.9 Å². The monoisotopic (exact) mass is 262 g/mol. The molecular formula is C13H18N4O2. The summed E-state index contributed by atoms with van der Waals surface area (Å²) in [6, 6.07) is 8.26. The lowest BCUT2D eigenvalue weighted by Crippen LogP contribution is -2.02. The van der Waals surface area contributed by atoms with Gasteiger partial charge in [-0.2, -0.15) is 0 Å². The third kappa shape index (κ3) is 4.04. The van der Waals surface area contributed by atoms with E-state index >= 15 is 0 Å². The van der Waals surface area contributed by atoms with Crippen molar-refractivity contribution < 1.29 is 9.52 Å². The fourth-order valence-corrected chi connectivity index (χ4v) is 1.74. The highest BCUT2D eigenvalue weighted by Gasteiger charge is 2.05. The van der Waals surface area contributed by atoms with Gasteiger partial charge in [0.1, 0.15) is 0 Å². The minimum atomic E-state index is 0.198. The second kappa shape index (κ2) is 6.86. The Kier molecular flexibility index (Phi) is 4.88. The summed E-state index contributed by atoms with van der Waals surface area (Å²) in [6.07, 6.45) is 2.17. The van der Waals surface area contributed by atoms with Crippen molar-refractivity contribution in [1.29, 1.82) is 0 Å². The molecule has 4 N–H and O–H groups in total. The third-order valence-corrected chi connectivity index (χ3v) is 2.63. The number of hydrogen-bond acceptors (Lipinski definition) is 6. The first-order valence-corrected chi connectivity index (χ1v) is 6.31. The molecule has 19 heavy (non-hydrogen) atoms. The third-order valence-electron chi connectivity index (χ3n) is 2.63. The van der Waals surface area contributed by atoms with Gasteiger partial charge in [0.15, 0.2) is 0 Å². The molecule has 0 saturated carbocycles. The number of nitrogens with zero attached hydrogens (tertiary/aromatic N) is 2. The summed E-state index contributed by atoms with van der Waals surface area (Å²) < 4.78 is 5.40. The number of rotatable bonds is 7. The molecule has 2 aromatic rings. The van der Waals surface area contributed by atoms with E-state index in [1.54, 1.807) is 0 Å². The second-order valence-corrected chi connectivity index (χ2v) is 4.19. The van der Waals surface area contributed by atoms with Gasteiger partial charge >= 0.3 is 6.01 Å². The Hall–Kier alpha value is -1.92. The first-order valence-electron chi connectivity index (χ1n) is 6.31. The van der Waals surface area contributed by atoms with Crippen LogP contribution >= 0.6 is 0 Å². The molecule has 2 rings (SSSR count). The van der Waals surface area contributed by atoms with E-state index in [1.807, 2.05) is 24.3 Å². The van der Waals surface area contributed by atoms with Crippen LogP contribution in [0.5, 0.6) is 0 Å². The van der Waals surface area contributed by atoms with Gasteiger partial charge in [-0.25, -0.2) is 0 Å². The van der Waals surface area contributed by atoms with Gasteiger partial charge in [0, 0.05) is 25.3 Å². The number of aryl methyl sites for hydroxylation is 1. The molecule has 0 fully saturated rings. The number of nitrogens with two attached hydrogens (primary N) is 1. The Labute approximate surface area is 111 Å². The normalized spacial score (nSPS) is 10.6. The zero-order valence-corrected chi connectivity index (χ0v) is 10.7. The Morgan fingerprint density at radius 2 is 2.16 bits per heavy atom. The fraction of sp³-hybridized carbons (Fsp3) is 0.385. The highest BCUT2D eigenvalue weighted by atomic mass is 16.4. The predicted molar refractivity (Wildman–Crippen MR) is 72.2 cm³/mol. The van der Waals surface area contributed by atoms with E-state index in [1.165, 1.54) is 0 Å². The summed E-state index contributed by atoms with van der Waals surface area (Å²) in [6.45, 7) is 0.683. The fourth-order valence-electron chi connectivity index (χ4n) is 1.74. The Balaban J connectivity index is 2.01. The van der Waals surface area contributed by atoms with Crippen LogP contribution in [0.4, 0.5) is 11.7 Å². The van der Waals surface area contributed by atoms with Gasteiger partial charge in [0.25, 0.3) is 0 Å². The number of benzene rings is 1. The van der Waals surface area contributed by atoms with Crippen LogP contribution in [0.15, 0.2) is 28.7 Å². The number of hydrogen-bond donors (Lipinski definition) is 3. The van der Waals surface area contributed by atoms with Crippen LogP contribution in [0.25, 0.3) is 0 Å². The SMILES string of the molecule is NCCc1nnc(Nc2cccc(CCCO)c2)o1. The van der Waals surface area contributed by atoms with Gasteiger partial charge < -0.3 is 20.6 Å². The Morgan fingerprint density at radius 3 is 2.95 bits per heavy atom. The molecule has 102 valence electrons. The lowest BCUT2D eigenvalue weighted by atomic mass is 10.1. The molecule has 0 saturated heterocycles. The van der Waals surface area contributed by atoms with E-state index in [2.05, 4.69) is 15.5 Å². The molecular weight excluding hydrogens is 244 g/mol. The summed E-state index contributed by atoms with van der Waals surface area (Å²) in [7, 11) is 0. The molecule has 6 nitrogen and oxygen atoms in total. The lowest BCUT2D eigenvalue weighted by Gasteiger charge is -2.04. The van der Waals surface area contributed by atoms with Crippen molar-refractivity contribution in [2.45, 2.75) is 19.3 Å². The molecule has 0 aliphatic heterocycles. The van der Waals surface area contributed by atoms with Crippen molar-refractivity contribution in [1.82, 2.24) is 10.2 Å². The molecule has 0 radical (unpaired) electrons. The highest BCUT2D eigenvalue weighted by Crippen LogP contribution is 2.17. The van der Waals surface area contributed by atoms with E-state index in [0.717, 1.165) is 24.1 Å². The second-order valence-electron chi connectivity index (χ2n) is 4.19. The van der Waals surface area contributed by atoms with Crippen LogP contribution in [-0.4, -0.2) is 28.5 Å². The largest absolute Gasteiger partial charge is 0.408 e. The van der Waals surface area contributed by atoms with Gasteiger partial charge in [0.05, 0.1) is 0 Å². The van der Waals surface area contributed by atoms with E-state index in [-0.39, 0.29) is 6.61 Å². The topological polar surface area (TPSA) is 97.2 Å². The average Bonchev–Trinajstić information content (AvgIpc) is 2.85. The Bertz CT molecular complexity index is 513. The zero-order chi connectivity index (χ0) is 13.5. The van der Waals surface area contributed by atoms with E-state index in [9.17, 15) is 0 Å². The summed E-state index contributed by atoms with van der Waals surface area (Å²) in [5.74, 6) is 0.529. The first kappa shape index (κ1) is 13.5. The predicted octanol–water partition coefficient (Wildman–Crippen LogP) is 1.24. The quantitative estimate of drug-likeness (QED) is 0.694. The van der Waals surface area contributed by atoms with Crippen LogP contribution in [0, 0.1) is 0 Å². The standard InChI is InChI=1S/C13H18N4O2/c14-7-6-12-16-17-13(19-12)15-11-5-1-3-10(9-11)4-2-8-18/h1,3,5,9,18H,2,4,6-8,14H2,(H,15,17). The maximum Gasteiger partial charge on any atom is 0.320 e. The number of aromatic nitrogens is 2. The molecule has 0 amide bonds. The van der Waals surface area contributed by atoms with Crippen molar-refractivity contribution in [2.75, 3.05) is 18.5 Å². The number of nitrogens with one attached hydrogen (secondary N) is 1. The molecule has 0 bridgehead atoms. The number of aliphatic hydroxyl groups excluding tert-OH is 1. The molecule has 1 aromatic carbocycles. The van der Waals surface area contributed by atoms with Crippen molar-refractivity contribution in [2.24, 2.45) is 5.73 Å². The van der Waals surface area contributed by atoms with Crippen molar-refractivity contribution in [3.05, 3.63) is 35.7 Å². The van der Waals surface area contributed by atoms with Crippen molar-refractivity contribution >= 4 is 11.7 Å². The molecule has 0 aliphatic rings. The van der Waals surface area contributed by atoms with E-state index in [4.69, 9.17) is 15.3 Å². The van der Waals surface area contributed by atoms with Gasteiger partial charge in [-0.15, -0.1) is 5.10 Å². The van der Waals surface area contributed by atoms with Gasteiger partial charge in [-0.3, -0.25) is 0 Å². The van der Waals surface area contributed by atoms with Gasteiger partial charge in [-0.1, -0.05) is 17.2 Å². The molecule has 1 heterocycles. The summed E-state index contributed by atoms with van der Waals surface area (Å²) >= 11 is 0. The minimum Gasteiger partial charge on any atom is -0.408 e. The molecule has 1 aromatic heterocycles.